The van der Waals surface area contributed by atoms with E-state index in [1.807, 2.05) is 6.20 Å². The van der Waals surface area contributed by atoms with Crippen LogP contribution in [0.5, 0.6) is 5.75 Å². The van der Waals surface area contributed by atoms with Gasteiger partial charge in [0.05, 0.1) is 5.69 Å². The second-order valence-electron chi connectivity index (χ2n) is 10.3. The molecule has 3 aliphatic carbocycles. The number of aromatic nitrogens is 3. The smallest absolute Gasteiger partial charge is 0.402 e. The lowest BCUT2D eigenvalue weighted by molar-refractivity contribution is -0.274. The third kappa shape index (κ3) is 4.60. The molecule has 4 aliphatic rings. The molecule has 2 N–H and O–H groups in total. The van der Waals surface area contributed by atoms with Crippen LogP contribution in [0.25, 0.3) is 11.3 Å². The zero-order valence-corrected chi connectivity index (χ0v) is 19.4. The van der Waals surface area contributed by atoms with E-state index in [1.54, 1.807) is 0 Å². The van der Waals surface area contributed by atoms with Crippen molar-refractivity contribution in [3.63, 3.8) is 0 Å². The third-order valence-electron chi connectivity index (χ3n) is 8.13. The molecule has 3 saturated carbocycles. The molecular formula is C24H30F4N6O. The number of nitrogen functional groups attached to an aromatic ring is 1. The first kappa shape index (κ1) is 23.0. The molecule has 7 nitrogen and oxygen atoms in total. The van der Waals surface area contributed by atoms with Gasteiger partial charge in [-0.05, 0) is 43.6 Å². The highest BCUT2D eigenvalue weighted by Gasteiger charge is 2.59. The van der Waals surface area contributed by atoms with Crippen molar-refractivity contribution < 1.29 is 22.3 Å². The van der Waals surface area contributed by atoms with Crippen molar-refractivity contribution in [2.24, 2.45) is 11.8 Å². The zero-order chi connectivity index (χ0) is 24.3. The summed E-state index contributed by atoms with van der Waals surface area (Å²) >= 11 is 0. The highest BCUT2D eigenvalue weighted by molar-refractivity contribution is 5.64. The zero-order valence-electron chi connectivity index (χ0n) is 19.4. The number of alkyl halides is 4. The lowest BCUT2D eigenvalue weighted by atomic mass is 10.1. The van der Waals surface area contributed by atoms with Gasteiger partial charge in [0.2, 0.25) is 0 Å². The van der Waals surface area contributed by atoms with E-state index in [-0.39, 0.29) is 12.5 Å². The minimum Gasteiger partial charge on any atom is -0.402 e. The normalized spacial score (nSPS) is 29.4. The van der Waals surface area contributed by atoms with Gasteiger partial charge in [-0.15, -0.1) is 13.2 Å². The molecule has 0 bridgehead atoms. The van der Waals surface area contributed by atoms with Crippen molar-refractivity contribution >= 4 is 5.82 Å². The Kier molecular flexibility index (Phi) is 5.67. The van der Waals surface area contributed by atoms with Gasteiger partial charge in [0, 0.05) is 68.7 Å². The second kappa shape index (κ2) is 8.62. The van der Waals surface area contributed by atoms with Crippen LogP contribution in [0, 0.1) is 11.8 Å². The largest absolute Gasteiger partial charge is 0.573 e. The van der Waals surface area contributed by atoms with E-state index >= 15 is 0 Å². The maximum Gasteiger partial charge on any atom is 0.573 e. The molecular weight excluding hydrogens is 464 g/mol. The number of hydrogen-bond acceptors (Lipinski definition) is 6. The van der Waals surface area contributed by atoms with Gasteiger partial charge in [-0.25, -0.2) is 14.4 Å². The van der Waals surface area contributed by atoms with Gasteiger partial charge in [0.15, 0.2) is 11.6 Å². The highest BCUT2D eigenvalue weighted by atomic mass is 19.4. The van der Waals surface area contributed by atoms with Crippen LogP contribution in [0.2, 0.25) is 0 Å². The number of pyridine rings is 1. The Labute approximate surface area is 201 Å². The number of halogens is 4. The van der Waals surface area contributed by atoms with Crippen LogP contribution in [0.3, 0.4) is 0 Å². The molecule has 6 rings (SSSR count). The Hall–Kier alpha value is -2.40. The SMILES string of the molecule is Nc1ncc(-c2cn(C3[C@H]4CC(N5CCN(CCF)CC5)C[C@@H]34)c(C3CC3)n2)cc1OC(F)(F)F. The minimum absolute atomic E-state index is 0.283. The van der Waals surface area contributed by atoms with Gasteiger partial charge in [-0.3, -0.25) is 9.80 Å². The molecule has 3 heterocycles. The van der Waals surface area contributed by atoms with Gasteiger partial charge < -0.3 is 15.0 Å². The fraction of sp³-hybridized carbons (Fsp3) is 0.667. The second-order valence-corrected chi connectivity index (χ2v) is 10.3. The molecule has 2 aromatic heterocycles. The molecule has 2 aromatic rings. The van der Waals surface area contributed by atoms with Crippen LogP contribution in [0.1, 0.15) is 43.5 Å². The molecule has 0 amide bonds. The Morgan fingerprint density at radius 3 is 2.43 bits per heavy atom. The molecule has 4 atom stereocenters. The first-order valence-corrected chi connectivity index (χ1v) is 12.4. The average molecular weight is 495 g/mol. The molecule has 1 saturated heterocycles. The van der Waals surface area contributed by atoms with Gasteiger partial charge in [-0.2, -0.15) is 0 Å². The lowest BCUT2D eigenvalue weighted by Gasteiger charge is -2.38. The number of hydrogen-bond donors (Lipinski definition) is 1. The van der Waals surface area contributed by atoms with Crippen molar-refractivity contribution in [3.8, 4) is 17.0 Å². The first-order valence-electron chi connectivity index (χ1n) is 12.4. The fourth-order valence-electron chi connectivity index (χ4n) is 6.19. The number of piperazine rings is 1. The molecule has 35 heavy (non-hydrogen) atoms. The van der Waals surface area contributed by atoms with E-state index < -0.39 is 12.1 Å². The Morgan fingerprint density at radius 1 is 1.09 bits per heavy atom. The summed E-state index contributed by atoms with van der Waals surface area (Å²) in [5, 5.41) is 0. The molecule has 11 heteroatoms. The number of ether oxygens (including phenoxy) is 1. The molecule has 190 valence electrons. The van der Waals surface area contributed by atoms with E-state index in [0.717, 1.165) is 57.7 Å². The monoisotopic (exact) mass is 494 g/mol. The number of imidazole rings is 1. The highest BCUT2D eigenvalue weighted by Crippen LogP contribution is 2.62. The Bertz CT molecular complexity index is 1070. The summed E-state index contributed by atoms with van der Waals surface area (Å²) in [5.41, 5.74) is 6.68. The topological polar surface area (TPSA) is 72.4 Å². The van der Waals surface area contributed by atoms with Crippen molar-refractivity contribution in [2.75, 3.05) is 45.1 Å². The summed E-state index contributed by atoms with van der Waals surface area (Å²) in [6.45, 7) is 4.13. The summed E-state index contributed by atoms with van der Waals surface area (Å²) in [6, 6.07) is 2.26. The number of anilines is 1. The summed E-state index contributed by atoms with van der Waals surface area (Å²) in [7, 11) is 0. The molecule has 0 aromatic carbocycles. The fourth-order valence-corrected chi connectivity index (χ4v) is 6.19. The van der Waals surface area contributed by atoms with Crippen molar-refractivity contribution in [1.82, 2.24) is 24.3 Å². The lowest BCUT2D eigenvalue weighted by Crippen LogP contribution is -2.50. The first-order chi connectivity index (χ1) is 16.8. The van der Waals surface area contributed by atoms with Gasteiger partial charge in [0.1, 0.15) is 12.5 Å². The van der Waals surface area contributed by atoms with Crippen LogP contribution < -0.4 is 10.5 Å². The summed E-state index contributed by atoms with van der Waals surface area (Å²) in [6.07, 6.45) is 3.08. The third-order valence-corrected chi connectivity index (χ3v) is 8.13. The van der Waals surface area contributed by atoms with Crippen LogP contribution >= 0.6 is 0 Å². The standard InChI is InChI=1S/C24H30F4N6O/c25-3-4-32-5-7-33(8-6-32)16-10-17-18(11-16)21(17)34-13-19(31-23(34)14-1-2-14)15-9-20(22(29)30-12-15)35-24(26,27)28/h9,12-14,16-18,21H,1-8,10-11H2,(H2,29,30)/t16?,17-,18+,21?. The summed E-state index contributed by atoms with van der Waals surface area (Å²) in [4.78, 5) is 13.5. The van der Waals surface area contributed by atoms with Gasteiger partial charge in [-0.1, -0.05) is 0 Å². The average Bonchev–Trinajstić information content (AvgIpc) is 3.69. The van der Waals surface area contributed by atoms with Crippen LogP contribution in [0.15, 0.2) is 18.5 Å². The number of nitrogens with zero attached hydrogens (tertiary/aromatic N) is 5. The van der Waals surface area contributed by atoms with Crippen LogP contribution in [-0.4, -0.2) is 76.1 Å². The Balaban J connectivity index is 1.16. The molecule has 1 aliphatic heterocycles. The minimum atomic E-state index is -4.84. The quantitative estimate of drug-likeness (QED) is 0.590. The van der Waals surface area contributed by atoms with E-state index in [1.165, 1.54) is 12.3 Å². The Morgan fingerprint density at radius 2 is 1.80 bits per heavy atom. The molecule has 0 spiro atoms. The van der Waals surface area contributed by atoms with E-state index in [0.29, 0.717) is 47.6 Å². The molecule has 4 fully saturated rings. The molecule has 2 unspecified atom stereocenters. The van der Waals surface area contributed by atoms with Crippen LogP contribution in [-0.2, 0) is 0 Å². The van der Waals surface area contributed by atoms with E-state index in [9.17, 15) is 17.6 Å². The molecule has 0 radical (unpaired) electrons. The number of fused-ring (bicyclic) bond motifs is 1. The van der Waals surface area contributed by atoms with Crippen LogP contribution in [0.4, 0.5) is 23.4 Å². The van der Waals surface area contributed by atoms with Crippen molar-refractivity contribution in [2.45, 2.75) is 50.0 Å². The predicted octanol–water partition coefficient (Wildman–Crippen LogP) is 3.84. The van der Waals surface area contributed by atoms with Gasteiger partial charge in [0.25, 0.3) is 0 Å². The van der Waals surface area contributed by atoms with E-state index in [2.05, 4.69) is 24.1 Å². The van der Waals surface area contributed by atoms with Crippen molar-refractivity contribution in [1.29, 1.82) is 0 Å². The number of rotatable bonds is 7. The predicted molar refractivity (Wildman–Crippen MR) is 122 cm³/mol. The van der Waals surface area contributed by atoms with Crippen molar-refractivity contribution in [3.05, 3.63) is 24.3 Å². The van der Waals surface area contributed by atoms with E-state index in [4.69, 9.17) is 10.7 Å². The maximum absolute atomic E-state index is 12.8. The summed E-state index contributed by atoms with van der Waals surface area (Å²) < 4.78 is 57.2. The summed E-state index contributed by atoms with van der Waals surface area (Å²) in [5.74, 6) is 1.86. The maximum atomic E-state index is 12.8. The van der Waals surface area contributed by atoms with Gasteiger partial charge >= 0.3 is 6.36 Å². The number of nitrogens with two attached hydrogens (primary N) is 1.